The summed E-state index contributed by atoms with van der Waals surface area (Å²) >= 11 is 0. The van der Waals surface area contributed by atoms with Crippen LogP contribution >= 0.6 is 0 Å². The van der Waals surface area contributed by atoms with Crippen LogP contribution in [0.15, 0.2) is 35.1 Å². The normalized spacial score (nSPS) is 13.2. The molecule has 3 aromatic rings. The Hall–Kier alpha value is -3.06. The standard InChI is InChI=1S/C24H31N3O4/c1-7-31-17(5)15(3)27-16(4)22(18-10-8-9-11-20(18)27)24(29)25-13-19-21(30-6)12-14(2)26-23(19)28/h8-12,15,17H,7,13H2,1-6H3,(H,25,29)(H,26,28). The Morgan fingerprint density at radius 3 is 2.61 bits per heavy atom. The van der Waals surface area contributed by atoms with Crippen molar-refractivity contribution >= 4 is 16.8 Å². The van der Waals surface area contributed by atoms with E-state index in [0.717, 1.165) is 16.6 Å². The molecule has 0 aliphatic carbocycles. The number of benzene rings is 1. The molecule has 0 aliphatic rings. The molecule has 2 unspecified atom stereocenters. The number of methoxy groups -OCH3 is 1. The second-order valence-corrected chi connectivity index (χ2v) is 7.76. The molecule has 2 atom stereocenters. The number of hydrogen-bond acceptors (Lipinski definition) is 4. The first-order valence-electron chi connectivity index (χ1n) is 10.6. The van der Waals surface area contributed by atoms with E-state index in [4.69, 9.17) is 9.47 Å². The third-order valence-corrected chi connectivity index (χ3v) is 5.77. The van der Waals surface area contributed by atoms with Gasteiger partial charge < -0.3 is 24.3 Å². The second-order valence-electron chi connectivity index (χ2n) is 7.76. The lowest BCUT2D eigenvalue weighted by atomic mass is 10.1. The van der Waals surface area contributed by atoms with Gasteiger partial charge in [0.05, 0.1) is 36.9 Å². The Labute approximate surface area is 182 Å². The van der Waals surface area contributed by atoms with E-state index in [1.54, 1.807) is 13.0 Å². The summed E-state index contributed by atoms with van der Waals surface area (Å²) in [5.74, 6) is 0.227. The van der Waals surface area contributed by atoms with E-state index in [9.17, 15) is 9.59 Å². The zero-order valence-electron chi connectivity index (χ0n) is 19.0. The quantitative estimate of drug-likeness (QED) is 0.574. The number of ether oxygens (including phenoxy) is 2. The molecule has 2 aromatic heterocycles. The summed E-state index contributed by atoms with van der Waals surface area (Å²) in [7, 11) is 1.51. The average molecular weight is 426 g/mol. The minimum Gasteiger partial charge on any atom is -0.496 e. The average Bonchev–Trinajstić information content (AvgIpc) is 3.03. The van der Waals surface area contributed by atoms with Crippen molar-refractivity contribution in [1.29, 1.82) is 0 Å². The lowest BCUT2D eigenvalue weighted by Gasteiger charge is -2.24. The van der Waals surface area contributed by atoms with Crippen molar-refractivity contribution in [2.45, 2.75) is 53.3 Å². The number of aryl methyl sites for hydroxylation is 1. The number of fused-ring (bicyclic) bond motifs is 1. The van der Waals surface area contributed by atoms with Gasteiger partial charge in [0.15, 0.2) is 0 Å². The highest BCUT2D eigenvalue weighted by Crippen LogP contribution is 2.31. The summed E-state index contributed by atoms with van der Waals surface area (Å²) in [6.45, 7) is 10.5. The Kier molecular flexibility index (Phi) is 6.85. The van der Waals surface area contributed by atoms with Gasteiger partial charge in [0.2, 0.25) is 0 Å². The van der Waals surface area contributed by atoms with Crippen LogP contribution in [0.4, 0.5) is 0 Å². The van der Waals surface area contributed by atoms with Gasteiger partial charge in [0.1, 0.15) is 5.75 Å². The van der Waals surface area contributed by atoms with Crippen LogP contribution in [0.1, 0.15) is 54.1 Å². The minimum atomic E-state index is -0.268. The van der Waals surface area contributed by atoms with Crippen molar-refractivity contribution in [3.63, 3.8) is 0 Å². The van der Waals surface area contributed by atoms with E-state index >= 15 is 0 Å². The van der Waals surface area contributed by atoms with Gasteiger partial charge >= 0.3 is 0 Å². The number of nitrogens with zero attached hydrogens (tertiary/aromatic N) is 1. The van der Waals surface area contributed by atoms with Crippen molar-refractivity contribution in [3.8, 4) is 5.75 Å². The number of nitrogens with one attached hydrogen (secondary N) is 2. The van der Waals surface area contributed by atoms with E-state index in [0.29, 0.717) is 29.2 Å². The molecule has 2 N–H and O–H groups in total. The van der Waals surface area contributed by atoms with Crippen molar-refractivity contribution in [3.05, 3.63) is 63.2 Å². The Balaban J connectivity index is 1.97. The van der Waals surface area contributed by atoms with Gasteiger partial charge in [-0.15, -0.1) is 0 Å². The van der Waals surface area contributed by atoms with Crippen LogP contribution in [0.2, 0.25) is 0 Å². The number of hydrogen-bond donors (Lipinski definition) is 2. The Morgan fingerprint density at radius 1 is 1.23 bits per heavy atom. The predicted octanol–water partition coefficient (Wildman–Crippen LogP) is 3.87. The molecule has 0 radical (unpaired) electrons. The fraction of sp³-hybridized carbons (Fsp3) is 0.417. The van der Waals surface area contributed by atoms with Crippen LogP contribution < -0.4 is 15.6 Å². The minimum absolute atomic E-state index is 0.00852. The zero-order valence-corrected chi connectivity index (χ0v) is 19.0. The fourth-order valence-corrected chi connectivity index (χ4v) is 4.11. The van der Waals surface area contributed by atoms with E-state index in [1.165, 1.54) is 7.11 Å². The Bertz CT molecular complexity index is 1150. The van der Waals surface area contributed by atoms with Crippen LogP contribution in [0.5, 0.6) is 5.75 Å². The number of para-hydroxylation sites is 1. The fourth-order valence-electron chi connectivity index (χ4n) is 4.11. The van der Waals surface area contributed by atoms with Crippen molar-refractivity contribution < 1.29 is 14.3 Å². The van der Waals surface area contributed by atoms with Crippen LogP contribution in [-0.2, 0) is 11.3 Å². The van der Waals surface area contributed by atoms with Gasteiger partial charge in [0, 0.05) is 28.9 Å². The number of rotatable bonds is 8. The van der Waals surface area contributed by atoms with Crippen LogP contribution in [-0.4, -0.2) is 35.3 Å². The zero-order chi connectivity index (χ0) is 22.7. The second kappa shape index (κ2) is 9.39. The number of carbonyl (C=O) groups excluding carboxylic acids is 1. The first kappa shape index (κ1) is 22.6. The third-order valence-electron chi connectivity index (χ3n) is 5.77. The molecular weight excluding hydrogens is 394 g/mol. The van der Waals surface area contributed by atoms with Crippen LogP contribution in [0.3, 0.4) is 0 Å². The van der Waals surface area contributed by atoms with Crippen molar-refractivity contribution in [2.75, 3.05) is 13.7 Å². The van der Waals surface area contributed by atoms with Gasteiger partial charge in [0.25, 0.3) is 11.5 Å². The molecule has 1 aromatic carbocycles. The molecule has 0 fully saturated rings. The highest BCUT2D eigenvalue weighted by atomic mass is 16.5. The molecule has 0 spiro atoms. The van der Waals surface area contributed by atoms with Crippen LogP contribution in [0, 0.1) is 13.8 Å². The summed E-state index contributed by atoms with van der Waals surface area (Å²) in [6.07, 6.45) is -0.00852. The molecule has 3 rings (SSSR count). The summed E-state index contributed by atoms with van der Waals surface area (Å²) in [4.78, 5) is 28.4. The largest absolute Gasteiger partial charge is 0.496 e. The van der Waals surface area contributed by atoms with Crippen molar-refractivity contribution in [2.24, 2.45) is 0 Å². The number of amides is 1. The van der Waals surface area contributed by atoms with Gasteiger partial charge in [-0.2, -0.15) is 0 Å². The summed E-state index contributed by atoms with van der Waals surface area (Å²) < 4.78 is 13.3. The number of aromatic nitrogens is 2. The number of H-pyrrole nitrogens is 1. The van der Waals surface area contributed by atoms with Gasteiger partial charge in [-0.1, -0.05) is 18.2 Å². The van der Waals surface area contributed by atoms with E-state index in [-0.39, 0.29) is 30.2 Å². The maximum absolute atomic E-state index is 13.3. The van der Waals surface area contributed by atoms with E-state index in [2.05, 4.69) is 21.8 Å². The number of carbonyl (C=O) groups is 1. The lowest BCUT2D eigenvalue weighted by Crippen LogP contribution is -2.28. The predicted molar refractivity (Wildman–Crippen MR) is 122 cm³/mol. The van der Waals surface area contributed by atoms with Crippen molar-refractivity contribution in [1.82, 2.24) is 14.9 Å². The SMILES string of the molecule is CCOC(C)C(C)n1c(C)c(C(=O)NCc2c(OC)cc(C)[nH]c2=O)c2ccccc21. The molecule has 31 heavy (non-hydrogen) atoms. The highest BCUT2D eigenvalue weighted by molar-refractivity contribution is 6.08. The molecule has 0 bridgehead atoms. The Morgan fingerprint density at radius 2 is 1.94 bits per heavy atom. The number of aromatic amines is 1. The van der Waals surface area contributed by atoms with Crippen LogP contribution in [0.25, 0.3) is 10.9 Å². The summed E-state index contributed by atoms with van der Waals surface area (Å²) in [6, 6.07) is 9.65. The molecule has 0 saturated heterocycles. The maximum atomic E-state index is 13.3. The van der Waals surface area contributed by atoms with Gasteiger partial charge in [-0.25, -0.2) is 0 Å². The van der Waals surface area contributed by atoms with E-state index in [1.807, 2.05) is 45.0 Å². The lowest BCUT2D eigenvalue weighted by molar-refractivity contribution is 0.0432. The molecule has 0 saturated carbocycles. The molecule has 7 nitrogen and oxygen atoms in total. The summed E-state index contributed by atoms with van der Waals surface area (Å²) in [5, 5.41) is 3.78. The third kappa shape index (κ3) is 4.37. The first-order valence-corrected chi connectivity index (χ1v) is 10.6. The van der Waals surface area contributed by atoms with E-state index < -0.39 is 0 Å². The maximum Gasteiger partial charge on any atom is 0.256 e. The van der Waals surface area contributed by atoms with Gasteiger partial charge in [-0.3, -0.25) is 9.59 Å². The van der Waals surface area contributed by atoms with Gasteiger partial charge in [-0.05, 0) is 46.8 Å². The molecule has 166 valence electrons. The smallest absolute Gasteiger partial charge is 0.256 e. The topological polar surface area (TPSA) is 85.3 Å². The molecule has 0 aliphatic heterocycles. The summed E-state index contributed by atoms with van der Waals surface area (Å²) in [5.41, 5.74) is 3.27. The molecule has 7 heteroatoms. The molecule has 2 heterocycles. The monoisotopic (exact) mass is 425 g/mol. The highest BCUT2D eigenvalue weighted by Gasteiger charge is 2.25. The number of pyridine rings is 1. The first-order chi connectivity index (χ1) is 14.8. The molecule has 1 amide bonds. The molecular formula is C24H31N3O4.